The van der Waals surface area contributed by atoms with Gasteiger partial charge in [0.05, 0.1) is 5.56 Å². The van der Waals surface area contributed by atoms with Crippen molar-refractivity contribution in [2.75, 3.05) is 0 Å². The summed E-state index contributed by atoms with van der Waals surface area (Å²) in [7, 11) is 0. The van der Waals surface area contributed by atoms with Gasteiger partial charge in [-0.05, 0) is 24.3 Å². The summed E-state index contributed by atoms with van der Waals surface area (Å²) in [4.78, 5) is 23.4. The van der Waals surface area contributed by atoms with E-state index in [9.17, 15) is 4.79 Å². The SMILES string of the molecule is O=C(c1ccc(Cl)nc1Cl)c1c[nH]c2ncccc12. The molecule has 0 amide bonds. The average Bonchev–Trinajstić information content (AvgIpc) is 2.82. The molecule has 0 aliphatic heterocycles. The van der Waals surface area contributed by atoms with Crippen LogP contribution >= 0.6 is 23.2 Å². The molecular weight excluding hydrogens is 285 g/mol. The van der Waals surface area contributed by atoms with Crippen LogP contribution in [-0.2, 0) is 0 Å². The molecule has 3 rings (SSSR count). The van der Waals surface area contributed by atoms with E-state index in [1.807, 2.05) is 6.07 Å². The minimum atomic E-state index is -0.214. The lowest BCUT2D eigenvalue weighted by atomic mass is 10.1. The van der Waals surface area contributed by atoms with Gasteiger partial charge in [-0.3, -0.25) is 4.79 Å². The summed E-state index contributed by atoms with van der Waals surface area (Å²) in [5.74, 6) is -0.214. The highest BCUT2D eigenvalue weighted by Crippen LogP contribution is 2.23. The summed E-state index contributed by atoms with van der Waals surface area (Å²) >= 11 is 11.7. The monoisotopic (exact) mass is 291 g/mol. The summed E-state index contributed by atoms with van der Waals surface area (Å²) < 4.78 is 0. The molecule has 0 fully saturated rings. The third-order valence-corrected chi connectivity index (χ3v) is 3.25. The number of pyridine rings is 2. The van der Waals surface area contributed by atoms with E-state index in [-0.39, 0.29) is 16.1 Å². The molecule has 3 aromatic heterocycles. The van der Waals surface area contributed by atoms with E-state index in [0.717, 1.165) is 5.39 Å². The second-order valence-corrected chi connectivity index (χ2v) is 4.65. The molecule has 3 aromatic rings. The lowest BCUT2D eigenvalue weighted by molar-refractivity contribution is 0.104. The smallest absolute Gasteiger partial charge is 0.198 e. The molecule has 0 saturated carbocycles. The van der Waals surface area contributed by atoms with Crippen molar-refractivity contribution in [1.82, 2.24) is 15.0 Å². The molecule has 3 heterocycles. The van der Waals surface area contributed by atoms with Gasteiger partial charge >= 0.3 is 0 Å². The van der Waals surface area contributed by atoms with Gasteiger partial charge in [-0.15, -0.1) is 0 Å². The van der Waals surface area contributed by atoms with E-state index in [0.29, 0.717) is 16.8 Å². The molecule has 0 spiro atoms. The molecule has 4 nitrogen and oxygen atoms in total. The summed E-state index contributed by atoms with van der Waals surface area (Å²) in [5, 5.41) is 1.09. The van der Waals surface area contributed by atoms with E-state index < -0.39 is 0 Å². The molecule has 94 valence electrons. The summed E-state index contributed by atoms with van der Waals surface area (Å²) in [5.41, 5.74) is 1.48. The van der Waals surface area contributed by atoms with Crippen LogP contribution in [-0.4, -0.2) is 20.7 Å². The third-order valence-electron chi connectivity index (χ3n) is 2.76. The minimum absolute atomic E-state index is 0.0933. The highest BCUT2D eigenvalue weighted by Gasteiger charge is 2.18. The zero-order valence-electron chi connectivity index (χ0n) is 9.52. The Kier molecular flexibility index (Phi) is 2.97. The standard InChI is InChI=1S/C13H7Cl2N3O/c14-10-4-3-8(12(15)18-10)11(19)9-6-17-13-7(9)2-1-5-16-13/h1-6H,(H,16,17). The quantitative estimate of drug-likeness (QED) is 0.581. The number of aromatic nitrogens is 3. The van der Waals surface area contributed by atoms with Crippen molar-refractivity contribution in [2.24, 2.45) is 0 Å². The molecular formula is C13H7Cl2N3O. The zero-order valence-corrected chi connectivity index (χ0v) is 11.0. The normalized spacial score (nSPS) is 10.8. The number of halogens is 2. The number of hydrogen-bond donors (Lipinski definition) is 1. The number of ketones is 1. The van der Waals surface area contributed by atoms with Gasteiger partial charge in [0.25, 0.3) is 0 Å². The molecule has 0 aromatic carbocycles. The lowest BCUT2D eigenvalue weighted by Crippen LogP contribution is -2.02. The van der Waals surface area contributed by atoms with E-state index >= 15 is 0 Å². The highest BCUT2D eigenvalue weighted by molar-refractivity contribution is 6.36. The summed E-state index contributed by atoms with van der Waals surface area (Å²) in [6.45, 7) is 0. The largest absolute Gasteiger partial charge is 0.345 e. The maximum atomic E-state index is 12.4. The van der Waals surface area contributed by atoms with E-state index in [4.69, 9.17) is 23.2 Å². The second kappa shape index (κ2) is 4.64. The average molecular weight is 292 g/mol. The van der Waals surface area contributed by atoms with Gasteiger partial charge < -0.3 is 4.98 Å². The Hall–Kier alpha value is -1.91. The topological polar surface area (TPSA) is 58.6 Å². The van der Waals surface area contributed by atoms with Crippen LogP contribution in [0.4, 0.5) is 0 Å². The highest BCUT2D eigenvalue weighted by atomic mass is 35.5. The third kappa shape index (κ3) is 2.09. The first-order chi connectivity index (χ1) is 9.16. The number of fused-ring (bicyclic) bond motifs is 1. The Balaban J connectivity index is 2.13. The number of rotatable bonds is 2. The van der Waals surface area contributed by atoms with Crippen molar-refractivity contribution in [1.29, 1.82) is 0 Å². The van der Waals surface area contributed by atoms with Gasteiger partial charge in [0.1, 0.15) is 16.0 Å². The van der Waals surface area contributed by atoms with Crippen molar-refractivity contribution in [2.45, 2.75) is 0 Å². The van der Waals surface area contributed by atoms with Crippen molar-refractivity contribution >= 4 is 40.0 Å². The molecule has 19 heavy (non-hydrogen) atoms. The Morgan fingerprint density at radius 2 is 2.00 bits per heavy atom. The number of aromatic amines is 1. The van der Waals surface area contributed by atoms with Crippen molar-refractivity contribution in [3.63, 3.8) is 0 Å². The molecule has 1 N–H and O–H groups in total. The zero-order chi connectivity index (χ0) is 13.4. The maximum Gasteiger partial charge on any atom is 0.198 e. The number of H-pyrrole nitrogens is 1. The number of carbonyl (C=O) groups is 1. The maximum absolute atomic E-state index is 12.4. The van der Waals surface area contributed by atoms with Gasteiger partial charge in [-0.1, -0.05) is 23.2 Å². The van der Waals surface area contributed by atoms with Crippen LogP contribution in [0.5, 0.6) is 0 Å². The van der Waals surface area contributed by atoms with E-state index in [1.165, 1.54) is 6.07 Å². The van der Waals surface area contributed by atoms with Crippen LogP contribution in [0.15, 0.2) is 36.7 Å². The molecule has 0 unspecified atom stereocenters. The number of hydrogen-bond acceptors (Lipinski definition) is 3. The molecule has 0 saturated heterocycles. The number of carbonyl (C=O) groups excluding carboxylic acids is 1. The fourth-order valence-corrected chi connectivity index (χ4v) is 2.30. The summed E-state index contributed by atoms with van der Waals surface area (Å²) in [6, 6.07) is 6.70. The number of nitrogens with one attached hydrogen (secondary N) is 1. The molecule has 0 radical (unpaired) electrons. The van der Waals surface area contributed by atoms with Gasteiger partial charge in [0, 0.05) is 23.3 Å². The minimum Gasteiger partial charge on any atom is -0.345 e. The Bertz CT molecular complexity index is 782. The molecule has 0 aliphatic carbocycles. The van der Waals surface area contributed by atoms with Gasteiger partial charge in [0.15, 0.2) is 5.78 Å². The summed E-state index contributed by atoms with van der Waals surface area (Å²) in [6.07, 6.45) is 3.27. The van der Waals surface area contributed by atoms with Crippen LogP contribution in [0, 0.1) is 0 Å². The van der Waals surface area contributed by atoms with Crippen molar-refractivity contribution in [3.8, 4) is 0 Å². The number of nitrogens with zero attached hydrogens (tertiary/aromatic N) is 2. The van der Waals surface area contributed by atoms with Crippen LogP contribution in [0.1, 0.15) is 15.9 Å². The first-order valence-corrected chi connectivity index (χ1v) is 6.21. The Morgan fingerprint density at radius 1 is 1.16 bits per heavy atom. The predicted molar refractivity (Wildman–Crippen MR) is 73.8 cm³/mol. The van der Waals surface area contributed by atoms with Crippen LogP contribution in [0.3, 0.4) is 0 Å². The van der Waals surface area contributed by atoms with Crippen molar-refractivity contribution < 1.29 is 4.79 Å². The molecule has 6 heteroatoms. The molecule has 0 atom stereocenters. The lowest BCUT2D eigenvalue weighted by Gasteiger charge is -2.02. The van der Waals surface area contributed by atoms with Crippen LogP contribution in [0.25, 0.3) is 11.0 Å². The predicted octanol–water partition coefficient (Wildman–Crippen LogP) is 3.50. The fraction of sp³-hybridized carbons (Fsp3) is 0. The first-order valence-electron chi connectivity index (χ1n) is 5.45. The van der Waals surface area contributed by atoms with Crippen molar-refractivity contribution in [3.05, 3.63) is 58.1 Å². The van der Waals surface area contributed by atoms with Gasteiger partial charge in [-0.25, -0.2) is 9.97 Å². The van der Waals surface area contributed by atoms with Gasteiger partial charge in [-0.2, -0.15) is 0 Å². The van der Waals surface area contributed by atoms with E-state index in [2.05, 4.69) is 15.0 Å². The van der Waals surface area contributed by atoms with E-state index in [1.54, 1.807) is 24.5 Å². The van der Waals surface area contributed by atoms with Gasteiger partial charge in [0.2, 0.25) is 0 Å². The Labute approximate surface area is 118 Å². The first kappa shape index (κ1) is 12.1. The fourth-order valence-electron chi connectivity index (χ4n) is 1.87. The van der Waals surface area contributed by atoms with Crippen LogP contribution in [0.2, 0.25) is 10.3 Å². The second-order valence-electron chi connectivity index (χ2n) is 3.90. The van der Waals surface area contributed by atoms with Crippen LogP contribution < -0.4 is 0 Å². The molecule has 0 aliphatic rings. The molecule has 0 bridgehead atoms. The Morgan fingerprint density at radius 3 is 2.79 bits per heavy atom.